The minimum atomic E-state index is 0.626. The fraction of sp³-hybridized carbons (Fsp3) is 0.150. The van der Waals surface area contributed by atoms with Crippen molar-refractivity contribution in [3.05, 3.63) is 66.5 Å². The fourth-order valence-corrected chi connectivity index (χ4v) is 2.28. The lowest BCUT2D eigenvalue weighted by Gasteiger charge is -2.06. The summed E-state index contributed by atoms with van der Waals surface area (Å²) in [6.07, 6.45) is 4.61. The standard InChI is InChI=1S/C20H17N3O/c1-2-11-24-19-9-7-16(8-10-19)18-13-22-20(23-14-18)17-5-3-15(12-21)4-6-17/h3-10,13-14H,2,11H2,1H3. The van der Waals surface area contributed by atoms with Crippen molar-refractivity contribution in [2.24, 2.45) is 0 Å². The smallest absolute Gasteiger partial charge is 0.159 e. The van der Waals surface area contributed by atoms with E-state index in [9.17, 15) is 0 Å². The van der Waals surface area contributed by atoms with E-state index in [1.807, 2.05) is 48.8 Å². The van der Waals surface area contributed by atoms with Crippen LogP contribution in [0.1, 0.15) is 18.9 Å². The second-order valence-electron chi connectivity index (χ2n) is 5.36. The molecule has 0 radical (unpaired) electrons. The molecule has 0 spiro atoms. The van der Waals surface area contributed by atoms with Gasteiger partial charge in [-0.2, -0.15) is 5.26 Å². The molecular weight excluding hydrogens is 298 g/mol. The van der Waals surface area contributed by atoms with Crippen LogP contribution in [0.4, 0.5) is 0 Å². The maximum atomic E-state index is 8.84. The number of rotatable bonds is 5. The summed E-state index contributed by atoms with van der Waals surface area (Å²) in [5.74, 6) is 1.52. The molecule has 0 saturated carbocycles. The predicted octanol–water partition coefficient (Wildman–Crippen LogP) is 4.47. The van der Waals surface area contributed by atoms with Crippen molar-refractivity contribution < 1.29 is 4.74 Å². The van der Waals surface area contributed by atoms with Crippen LogP contribution in [-0.4, -0.2) is 16.6 Å². The predicted molar refractivity (Wildman–Crippen MR) is 93.4 cm³/mol. The summed E-state index contributed by atoms with van der Waals surface area (Å²) in [5.41, 5.74) is 3.52. The highest BCUT2D eigenvalue weighted by Crippen LogP contribution is 2.23. The van der Waals surface area contributed by atoms with Crippen LogP contribution in [-0.2, 0) is 0 Å². The second-order valence-corrected chi connectivity index (χ2v) is 5.36. The van der Waals surface area contributed by atoms with E-state index in [1.165, 1.54) is 0 Å². The Bertz CT molecular complexity index is 832. The first-order chi connectivity index (χ1) is 11.8. The molecule has 0 aliphatic heterocycles. The minimum Gasteiger partial charge on any atom is -0.494 e. The van der Waals surface area contributed by atoms with E-state index in [1.54, 1.807) is 12.1 Å². The van der Waals surface area contributed by atoms with Gasteiger partial charge in [0.2, 0.25) is 0 Å². The molecule has 118 valence electrons. The molecule has 1 aromatic heterocycles. The average molecular weight is 315 g/mol. The molecule has 0 aliphatic rings. The van der Waals surface area contributed by atoms with Crippen LogP contribution in [0.3, 0.4) is 0 Å². The summed E-state index contributed by atoms with van der Waals surface area (Å²) < 4.78 is 5.59. The number of benzene rings is 2. The van der Waals surface area contributed by atoms with Crippen molar-refractivity contribution >= 4 is 0 Å². The van der Waals surface area contributed by atoms with E-state index in [4.69, 9.17) is 10.00 Å². The molecule has 3 aromatic rings. The summed E-state index contributed by atoms with van der Waals surface area (Å²) in [6, 6.07) is 17.3. The van der Waals surface area contributed by atoms with Crippen LogP contribution in [0.2, 0.25) is 0 Å². The van der Waals surface area contributed by atoms with Gasteiger partial charge in [-0.25, -0.2) is 9.97 Å². The van der Waals surface area contributed by atoms with Crippen LogP contribution in [0.5, 0.6) is 5.75 Å². The van der Waals surface area contributed by atoms with E-state index in [0.29, 0.717) is 11.4 Å². The number of nitriles is 1. The molecular formula is C20H17N3O. The highest BCUT2D eigenvalue weighted by atomic mass is 16.5. The molecule has 4 heteroatoms. The highest BCUT2D eigenvalue weighted by molar-refractivity contribution is 5.64. The molecule has 2 aromatic carbocycles. The largest absolute Gasteiger partial charge is 0.494 e. The molecule has 0 saturated heterocycles. The summed E-state index contributed by atoms with van der Waals surface area (Å²) in [6.45, 7) is 2.81. The Morgan fingerprint density at radius 2 is 1.50 bits per heavy atom. The Kier molecular flexibility index (Phi) is 4.83. The summed E-state index contributed by atoms with van der Waals surface area (Å²) in [5, 5.41) is 8.84. The normalized spacial score (nSPS) is 10.2. The number of hydrogen-bond acceptors (Lipinski definition) is 4. The first kappa shape index (κ1) is 15.7. The molecule has 1 heterocycles. The molecule has 0 aliphatic carbocycles. The second kappa shape index (κ2) is 7.38. The van der Waals surface area contributed by atoms with Gasteiger partial charge in [-0.3, -0.25) is 0 Å². The molecule has 0 bridgehead atoms. The van der Waals surface area contributed by atoms with Gasteiger partial charge in [0.25, 0.3) is 0 Å². The molecule has 0 N–H and O–H groups in total. The molecule has 0 amide bonds. The number of ether oxygens (including phenoxy) is 1. The molecule has 0 atom stereocenters. The van der Waals surface area contributed by atoms with Crippen LogP contribution >= 0.6 is 0 Å². The van der Waals surface area contributed by atoms with E-state index in [-0.39, 0.29) is 0 Å². The van der Waals surface area contributed by atoms with Crippen LogP contribution in [0.15, 0.2) is 60.9 Å². The third-order valence-corrected chi connectivity index (χ3v) is 3.58. The van der Waals surface area contributed by atoms with E-state index >= 15 is 0 Å². The number of nitrogens with zero attached hydrogens (tertiary/aromatic N) is 3. The van der Waals surface area contributed by atoms with Crippen molar-refractivity contribution in [3.63, 3.8) is 0 Å². The molecule has 0 unspecified atom stereocenters. The first-order valence-electron chi connectivity index (χ1n) is 7.86. The third kappa shape index (κ3) is 3.58. The Morgan fingerprint density at radius 1 is 0.875 bits per heavy atom. The maximum Gasteiger partial charge on any atom is 0.159 e. The van der Waals surface area contributed by atoms with Crippen molar-refractivity contribution in [1.29, 1.82) is 5.26 Å². The average Bonchev–Trinajstić information content (AvgIpc) is 2.67. The minimum absolute atomic E-state index is 0.626. The SMILES string of the molecule is CCCOc1ccc(-c2cnc(-c3ccc(C#N)cc3)nc2)cc1. The summed E-state index contributed by atoms with van der Waals surface area (Å²) in [7, 11) is 0. The van der Waals surface area contributed by atoms with Crippen LogP contribution in [0, 0.1) is 11.3 Å². The van der Waals surface area contributed by atoms with Gasteiger partial charge >= 0.3 is 0 Å². The summed E-state index contributed by atoms with van der Waals surface area (Å²) in [4.78, 5) is 8.86. The van der Waals surface area contributed by atoms with E-state index < -0.39 is 0 Å². The lowest BCUT2D eigenvalue weighted by atomic mass is 10.1. The Hall–Kier alpha value is -3.19. The first-order valence-corrected chi connectivity index (χ1v) is 7.86. The van der Waals surface area contributed by atoms with E-state index in [2.05, 4.69) is 23.0 Å². The van der Waals surface area contributed by atoms with Gasteiger partial charge in [-0.15, -0.1) is 0 Å². The third-order valence-electron chi connectivity index (χ3n) is 3.58. The Balaban J connectivity index is 1.77. The van der Waals surface area contributed by atoms with Crippen LogP contribution < -0.4 is 4.74 Å². The lowest BCUT2D eigenvalue weighted by molar-refractivity contribution is 0.317. The number of hydrogen-bond donors (Lipinski definition) is 0. The van der Waals surface area contributed by atoms with Crippen molar-refractivity contribution in [1.82, 2.24) is 9.97 Å². The molecule has 4 nitrogen and oxygen atoms in total. The van der Waals surface area contributed by atoms with Gasteiger partial charge in [-0.05, 0) is 48.4 Å². The molecule has 3 rings (SSSR count). The van der Waals surface area contributed by atoms with Gasteiger partial charge < -0.3 is 4.74 Å². The van der Waals surface area contributed by atoms with Gasteiger partial charge in [0.1, 0.15) is 5.75 Å². The molecule has 0 fully saturated rings. The zero-order chi connectivity index (χ0) is 16.8. The fourth-order valence-electron chi connectivity index (χ4n) is 2.28. The van der Waals surface area contributed by atoms with Gasteiger partial charge in [0.05, 0.1) is 18.2 Å². The summed E-state index contributed by atoms with van der Waals surface area (Å²) >= 11 is 0. The Labute approximate surface area is 141 Å². The molecule has 24 heavy (non-hydrogen) atoms. The highest BCUT2D eigenvalue weighted by Gasteiger charge is 2.04. The Morgan fingerprint density at radius 3 is 2.08 bits per heavy atom. The van der Waals surface area contributed by atoms with E-state index in [0.717, 1.165) is 35.5 Å². The number of aromatic nitrogens is 2. The lowest BCUT2D eigenvalue weighted by Crippen LogP contribution is -1.94. The van der Waals surface area contributed by atoms with Gasteiger partial charge in [0.15, 0.2) is 5.82 Å². The zero-order valence-corrected chi connectivity index (χ0v) is 13.4. The quantitative estimate of drug-likeness (QED) is 0.697. The van der Waals surface area contributed by atoms with Gasteiger partial charge in [-0.1, -0.05) is 19.1 Å². The van der Waals surface area contributed by atoms with Crippen molar-refractivity contribution in [3.8, 4) is 34.3 Å². The van der Waals surface area contributed by atoms with Crippen molar-refractivity contribution in [2.45, 2.75) is 13.3 Å². The van der Waals surface area contributed by atoms with Crippen LogP contribution in [0.25, 0.3) is 22.5 Å². The van der Waals surface area contributed by atoms with Gasteiger partial charge in [0, 0.05) is 23.5 Å². The monoisotopic (exact) mass is 315 g/mol. The maximum absolute atomic E-state index is 8.84. The topological polar surface area (TPSA) is 58.8 Å². The zero-order valence-electron chi connectivity index (χ0n) is 13.4. The van der Waals surface area contributed by atoms with Crippen molar-refractivity contribution in [2.75, 3.05) is 6.61 Å².